The third kappa shape index (κ3) is 2.15. The minimum Gasteiger partial charge on any atom is -0.481 e. The van der Waals surface area contributed by atoms with Crippen molar-refractivity contribution in [3.05, 3.63) is 47.9 Å². The zero-order chi connectivity index (χ0) is 12.3. The van der Waals surface area contributed by atoms with Crippen LogP contribution in [-0.4, -0.2) is 18.4 Å². The largest absolute Gasteiger partial charge is 0.481 e. The zero-order valence-electron chi connectivity index (χ0n) is 9.18. The second-order valence-electron chi connectivity index (χ2n) is 3.41. The fourth-order valence-corrected chi connectivity index (χ4v) is 1.58. The molecule has 0 unspecified atom stereocenters. The number of benzene rings is 1. The highest BCUT2D eigenvalue weighted by Crippen LogP contribution is 2.27. The predicted molar refractivity (Wildman–Crippen MR) is 61.6 cm³/mol. The van der Waals surface area contributed by atoms with E-state index < -0.39 is 5.82 Å². The van der Waals surface area contributed by atoms with E-state index in [4.69, 9.17) is 4.74 Å². The van der Waals surface area contributed by atoms with Crippen LogP contribution in [0.3, 0.4) is 0 Å². The first-order chi connectivity index (χ1) is 8.26. The number of carbonyl (C=O) groups excluding carboxylic acids is 1. The van der Waals surface area contributed by atoms with Crippen LogP contribution in [-0.2, 0) is 0 Å². The molecule has 0 radical (unpaired) electrons. The summed E-state index contributed by atoms with van der Waals surface area (Å²) in [7, 11) is 1.45. The van der Waals surface area contributed by atoms with E-state index in [0.717, 1.165) is 6.20 Å². The van der Waals surface area contributed by atoms with Crippen molar-refractivity contribution in [2.45, 2.75) is 0 Å². The van der Waals surface area contributed by atoms with Crippen LogP contribution in [0.1, 0.15) is 10.4 Å². The van der Waals surface area contributed by atoms with Crippen LogP contribution < -0.4 is 4.74 Å². The summed E-state index contributed by atoms with van der Waals surface area (Å²) in [5, 5.41) is 0. The minimum absolute atomic E-state index is 0.305. The highest BCUT2D eigenvalue weighted by atomic mass is 19.1. The topological polar surface area (TPSA) is 39.2 Å². The van der Waals surface area contributed by atoms with Crippen molar-refractivity contribution in [3.63, 3.8) is 0 Å². The first kappa shape index (κ1) is 11.3. The van der Waals surface area contributed by atoms with Gasteiger partial charge < -0.3 is 4.74 Å². The molecule has 1 aromatic carbocycles. The van der Waals surface area contributed by atoms with E-state index in [9.17, 15) is 9.18 Å². The molecule has 86 valence electrons. The van der Waals surface area contributed by atoms with Crippen molar-refractivity contribution in [2.24, 2.45) is 0 Å². The maximum absolute atomic E-state index is 13.7. The average molecular weight is 231 g/mol. The summed E-state index contributed by atoms with van der Waals surface area (Å²) in [6, 6.07) is 8.26. The highest BCUT2D eigenvalue weighted by Gasteiger charge is 2.10. The molecule has 0 bridgehead atoms. The van der Waals surface area contributed by atoms with Gasteiger partial charge in [0.1, 0.15) is 5.82 Å². The molecule has 0 aliphatic heterocycles. The van der Waals surface area contributed by atoms with Gasteiger partial charge in [0.15, 0.2) is 6.29 Å². The van der Waals surface area contributed by atoms with Crippen LogP contribution in [0.2, 0.25) is 0 Å². The van der Waals surface area contributed by atoms with Gasteiger partial charge in [0.05, 0.1) is 13.3 Å². The Morgan fingerprint density at radius 1 is 1.29 bits per heavy atom. The maximum Gasteiger partial charge on any atom is 0.213 e. The van der Waals surface area contributed by atoms with Crippen LogP contribution in [0.25, 0.3) is 11.1 Å². The van der Waals surface area contributed by atoms with Gasteiger partial charge in [-0.25, -0.2) is 9.37 Å². The van der Waals surface area contributed by atoms with Gasteiger partial charge in [0, 0.05) is 17.2 Å². The molecule has 0 aliphatic carbocycles. The number of carbonyl (C=O) groups is 1. The van der Waals surface area contributed by atoms with Gasteiger partial charge in [-0.1, -0.05) is 24.3 Å². The Balaban J connectivity index is 2.62. The number of ether oxygens (including phenoxy) is 1. The summed E-state index contributed by atoms with van der Waals surface area (Å²) in [4.78, 5) is 14.6. The van der Waals surface area contributed by atoms with Crippen LogP contribution in [0.5, 0.6) is 5.88 Å². The van der Waals surface area contributed by atoms with Gasteiger partial charge in [0.2, 0.25) is 5.88 Å². The Hall–Kier alpha value is -2.23. The Labute approximate surface area is 97.9 Å². The lowest BCUT2D eigenvalue weighted by atomic mass is 10.0. The Kier molecular flexibility index (Phi) is 3.14. The number of aldehydes is 1. The lowest BCUT2D eigenvalue weighted by Crippen LogP contribution is -1.94. The molecule has 0 saturated carbocycles. The summed E-state index contributed by atoms with van der Waals surface area (Å²) < 4.78 is 18.6. The van der Waals surface area contributed by atoms with Crippen molar-refractivity contribution in [3.8, 4) is 17.0 Å². The van der Waals surface area contributed by atoms with Gasteiger partial charge in [-0.15, -0.1) is 0 Å². The van der Waals surface area contributed by atoms with E-state index >= 15 is 0 Å². The van der Waals surface area contributed by atoms with Gasteiger partial charge >= 0.3 is 0 Å². The molecule has 2 aromatic rings. The van der Waals surface area contributed by atoms with Crippen molar-refractivity contribution < 1.29 is 13.9 Å². The van der Waals surface area contributed by atoms with E-state index in [1.165, 1.54) is 13.2 Å². The first-order valence-corrected chi connectivity index (χ1v) is 5.00. The van der Waals surface area contributed by atoms with Gasteiger partial charge in [-0.05, 0) is 5.56 Å². The van der Waals surface area contributed by atoms with Crippen LogP contribution >= 0.6 is 0 Å². The van der Waals surface area contributed by atoms with E-state index in [1.54, 1.807) is 24.3 Å². The second-order valence-corrected chi connectivity index (χ2v) is 3.41. The molecule has 3 nitrogen and oxygen atoms in total. The lowest BCUT2D eigenvalue weighted by Gasteiger charge is -2.07. The molecule has 0 N–H and O–H groups in total. The molecular weight excluding hydrogens is 221 g/mol. The van der Waals surface area contributed by atoms with Crippen molar-refractivity contribution in [1.82, 2.24) is 4.98 Å². The SMILES string of the molecule is COc1cc(-c2ccccc2C=O)c(F)cn1. The number of hydrogen-bond donors (Lipinski definition) is 0. The Morgan fingerprint density at radius 2 is 2.06 bits per heavy atom. The summed E-state index contributed by atoms with van der Waals surface area (Å²) in [5.74, 6) is -0.179. The van der Waals surface area contributed by atoms with E-state index in [2.05, 4.69) is 4.98 Å². The number of methoxy groups -OCH3 is 1. The third-order valence-corrected chi connectivity index (χ3v) is 2.42. The smallest absolute Gasteiger partial charge is 0.213 e. The zero-order valence-corrected chi connectivity index (χ0v) is 9.18. The van der Waals surface area contributed by atoms with Crippen molar-refractivity contribution in [1.29, 1.82) is 0 Å². The summed E-state index contributed by atoms with van der Waals surface area (Å²) in [5.41, 5.74) is 1.26. The van der Waals surface area contributed by atoms with Gasteiger partial charge in [-0.3, -0.25) is 4.79 Å². The minimum atomic E-state index is -0.486. The summed E-state index contributed by atoms with van der Waals surface area (Å²) >= 11 is 0. The summed E-state index contributed by atoms with van der Waals surface area (Å²) in [6.07, 6.45) is 1.78. The predicted octanol–water partition coefficient (Wildman–Crippen LogP) is 2.71. The van der Waals surface area contributed by atoms with Crippen molar-refractivity contribution >= 4 is 6.29 Å². The molecule has 0 atom stereocenters. The third-order valence-electron chi connectivity index (χ3n) is 2.42. The maximum atomic E-state index is 13.7. The fraction of sp³-hybridized carbons (Fsp3) is 0.0769. The molecule has 1 aromatic heterocycles. The number of aromatic nitrogens is 1. The van der Waals surface area contributed by atoms with Gasteiger partial charge in [-0.2, -0.15) is 0 Å². The van der Waals surface area contributed by atoms with E-state index in [1.807, 2.05) is 0 Å². The fourth-order valence-electron chi connectivity index (χ4n) is 1.58. The molecule has 1 heterocycles. The number of nitrogens with zero attached hydrogens (tertiary/aromatic N) is 1. The van der Waals surface area contributed by atoms with Crippen molar-refractivity contribution in [2.75, 3.05) is 7.11 Å². The number of halogens is 1. The quantitative estimate of drug-likeness (QED) is 0.762. The highest BCUT2D eigenvalue weighted by molar-refractivity contribution is 5.87. The van der Waals surface area contributed by atoms with E-state index in [-0.39, 0.29) is 0 Å². The lowest BCUT2D eigenvalue weighted by molar-refractivity contribution is 0.112. The Bertz CT molecular complexity index is 555. The van der Waals surface area contributed by atoms with Crippen LogP contribution in [0.15, 0.2) is 36.5 Å². The second kappa shape index (κ2) is 4.74. The molecule has 0 amide bonds. The van der Waals surface area contributed by atoms with Gasteiger partial charge in [0.25, 0.3) is 0 Å². The molecule has 0 fully saturated rings. The number of hydrogen-bond acceptors (Lipinski definition) is 3. The molecular formula is C13H10FNO2. The number of pyridine rings is 1. The standard InChI is InChI=1S/C13H10FNO2/c1-17-13-6-11(12(14)7-15-13)10-5-3-2-4-9(10)8-16/h2-8H,1H3. The van der Waals surface area contributed by atoms with Crippen LogP contribution in [0.4, 0.5) is 4.39 Å². The van der Waals surface area contributed by atoms with E-state index in [0.29, 0.717) is 28.9 Å². The summed E-state index contributed by atoms with van der Waals surface area (Å²) in [6.45, 7) is 0. The Morgan fingerprint density at radius 3 is 2.76 bits per heavy atom. The first-order valence-electron chi connectivity index (χ1n) is 5.00. The van der Waals surface area contributed by atoms with Crippen LogP contribution in [0, 0.1) is 5.82 Å². The molecule has 0 saturated heterocycles. The monoisotopic (exact) mass is 231 g/mol. The molecule has 0 spiro atoms. The molecule has 4 heteroatoms. The normalized spacial score (nSPS) is 10.0. The molecule has 2 rings (SSSR count). The molecule has 0 aliphatic rings. The average Bonchev–Trinajstić information content (AvgIpc) is 2.39. The number of rotatable bonds is 3. The molecule has 17 heavy (non-hydrogen) atoms.